The molecule has 1 N–H and O–H groups in total. The van der Waals surface area contributed by atoms with E-state index in [1.54, 1.807) is 12.1 Å². The lowest BCUT2D eigenvalue weighted by Crippen LogP contribution is -2.07. The molecule has 3 aromatic heterocycles. The molecular formula is C19H15ClN4O. The van der Waals surface area contributed by atoms with Crippen molar-refractivity contribution in [3.8, 4) is 17.3 Å². The first-order valence-corrected chi connectivity index (χ1v) is 8.11. The van der Waals surface area contributed by atoms with Gasteiger partial charge >= 0.3 is 0 Å². The number of nitrogens with zero attached hydrogens (tertiary/aromatic N) is 3. The standard InChI is InChI=1S/C19H15ClN4O/c1-4-10(2)19-13(20)7-12(11(3)23-19)15-8-17(25)18-14(24-15)5-6-22-16(18)9-21/h5-8H,2,4H2,1,3H3,(H,24,25). The number of pyridine rings is 3. The van der Waals surface area contributed by atoms with Gasteiger partial charge in [0.25, 0.3) is 0 Å². The van der Waals surface area contributed by atoms with Gasteiger partial charge in [0.05, 0.1) is 27.3 Å². The maximum absolute atomic E-state index is 12.5. The van der Waals surface area contributed by atoms with Crippen LogP contribution in [-0.4, -0.2) is 15.0 Å². The van der Waals surface area contributed by atoms with Crippen LogP contribution in [0.15, 0.2) is 35.8 Å². The summed E-state index contributed by atoms with van der Waals surface area (Å²) in [6.45, 7) is 7.83. The van der Waals surface area contributed by atoms with Gasteiger partial charge < -0.3 is 4.98 Å². The van der Waals surface area contributed by atoms with Gasteiger partial charge in [-0.2, -0.15) is 5.26 Å². The van der Waals surface area contributed by atoms with E-state index in [2.05, 4.69) is 21.5 Å². The Morgan fingerprint density at radius 1 is 1.44 bits per heavy atom. The molecule has 0 atom stereocenters. The summed E-state index contributed by atoms with van der Waals surface area (Å²) in [6, 6.07) is 6.83. The first kappa shape index (κ1) is 16.9. The Morgan fingerprint density at radius 3 is 2.88 bits per heavy atom. The van der Waals surface area contributed by atoms with Crippen LogP contribution in [0.2, 0.25) is 5.02 Å². The van der Waals surface area contributed by atoms with E-state index in [-0.39, 0.29) is 16.5 Å². The molecule has 0 spiro atoms. The second kappa shape index (κ2) is 6.50. The lowest BCUT2D eigenvalue weighted by Gasteiger charge is -2.12. The monoisotopic (exact) mass is 350 g/mol. The first-order valence-electron chi connectivity index (χ1n) is 7.74. The van der Waals surface area contributed by atoms with Gasteiger partial charge in [-0.15, -0.1) is 0 Å². The molecule has 5 nitrogen and oxygen atoms in total. The van der Waals surface area contributed by atoms with Gasteiger partial charge in [0.2, 0.25) is 0 Å². The number of allylic oxidation sites excluding steroid dienone is 1. The fourth-order valence-electron chi connectivity index (χ4n) is 2.70. The van der Waals surface area contributed by atoms with E-state index in [0.29, 0.717) is 21.9 Å². The van der Waals surface area contributed by atoms with Gasteiger partial charge in [0.1, 0.15) is 6.07 Å². The Morgan fingerprint density at radius 2 is 2.20 bits per heavy atom. The van der Waals surface area contributed by atoms with Crippen molar-refractivity contribution in [2.75, 3.05) is 0 Å². The fourth-order valence-corrected chi connectivity index (χ4v) is 2.98. The zero-order valence-electron chi connectivity index (χ0n) is 13.9. The molecule has 0 unspecified atom stereocenters. The third kappa shape index (κ3) is 2.92. The van der Waals surface area contributed by atoms with Gasteiger partial charge in [-0.1, -0.05) is 25.1 Å². The highest BCUT2D eigenvalue weighted by Crippen LogP contribution is 2.30. The molecule has 0 saturated carbocycles. The van der Waals surface area contributed by atoms with Crippen molar-refractivity contribution in [3.63, 3.8) is 0 Å². The first-order chi connectivity index (χ1) is 12.0. The lowest BCUT2D eigenvalue weighted by atomic mass is 10.0. The van der Waals surface area contributed by atoms with E-state index in [4.69, 9.17) is 16.9 Å². The highest BCUT2D eigenvalue weighted by atomic mass is 35.5. The molecule has 25 heavy (non-hydrogen) atoms. The number of aromatic nitrogens is 3. The zero-order chi connectivity index (χ0) is 18.1. The van der Waals surface area contributed by atoms with Gasteiger partial charge in [-0.05, 0) is 31.1 Å². The Kier molecular flexibility index (Phi) is 4.39. The van der Waals surface area contributed by atoms with Crippen molar-refractivity contribution in [2.45, 2.75) is 20.3 Å². The number of aryl methyl sites for hydroxylation is 1. The predicted molar refractivity (Wildman–Crippen MR) is 99.4 cm³/mol. The van der Waals surface area contributed by atoms with Gasteiger partial charge in [0.15, 0.2) is 11.1 Å². The van der Waals surface area contributed by atoms with Crippen LogP contribution in [-0.2, 0) is 0 Å². The van der Waals surface area contributed by atoms with Crippen LogP contribution in [0.4, 0.5) is 0 Å². The van der Waals surface area contributed by atoms with E-state index >= 15 is 0 Å². The average molecular weight is 351 g/mol. The number of H-pyrrole nitrogens is 1. The van der Waals surface area contributed by atoms with Crippen LogP contribution in [0.5, 0.6) is 0 Å². The predicted octanol–water partition coefficient (Wildman–Crippen LogP) is 4.24. The van der Waals surface area contributed by atoms with Crippen LogP contribution in [0.25, 0.3) is 27.7 Å². The van der Waals surface area contributed by atoms with E-state index in [1.165, 1.54) is 12.3 Å². The molecular weight excluding hydrogens is 336 g/mol. The second-order valence-electron chi connectivity index (χ2n) is 5.65. The summed E-state index contributed by atoms with van der Waals surface area (Å²) in [4.78, 5) is 24.2. The van der Waals surface area contributed by atoms with Crippen molar-refractivity contribution >= 4 is 28.1 Å². The molecule has 0 aliphatic carbocycles. The molecule has 3 aromatic rings. The third-order valence-corrected chi connectivity index (χ3v) is 4.35. The highest BCUT2D eigenvalue weighted by molar-refractivity contribution is 6.32. The maximum atomic E-state index is 12.5. The molecule has 124 valence electrons. The summed E-state index contributed by atoms with van der Waals surface area (Å²) < 4.78 is 0. The number of fused-ring (bicyclic) bond motifs is 1. The fraction of sp³-hybridized carbons (Fsp3) is 0.158. The largest absolute Gasteiger partial charge is 0.354 e. The number of hydrogen-bond donors (Lipinski definition) is 1. The quantitative estimate of drug-likeness (QED) is 0.765. The molecule has 0 aliphatic rings. The van der Waals surface area contributed by atoms with Crippen LogP contribution < -0.4 is 5.43 Å². The summed E-state index contributed by atoms with van der Waals surface area (Å²) in [7, 11) is 0. The molecule has 0 saturated heterocycles. The highest BCUT2D eigenvalue weighted by Gasteiger charge is 2.14. The molecule has 0 aliphatic heterocycles. The Balaban J connectivity index is 2.25. The number of hydrogen-bond acceptors (Lipinski definition) is 4. The molecule has 0 aromatic carbocycles. The summed E-state index contributed by atoms with van der Waals surface area (Å²) in [5.41, 5.74) is 3.96. The smallest absolute Gasteiger partial charge is 0.192 e. The summed E-state index contributed by atoms with van der Waals surface area (Å²) in [5, 5.41) is 9.90. The number of rotatable bonds is 3. The third-order valence-electron chi connectivity index (χ3n) is 4.07. The Labute approximate surface area is 149 Å². The number of aromatic amines is 1. The topological polar surface area (TPSA) is 82.4 Å². The molecule has 3 heterocycles. The van der Waals surface area contributed by atoms with E-state index in [1.807, 2.05) is 19.9 Å². The van der Waals surface area contributed by atoms with Crippen molar-refractivity contribution in [1.82, 2.24) is 15.0 Å². The van der Waals surface area contributed by atoms with Crippen molar-refractivity contribution in [3.05, 3.63) is 63.3 Å². The van der Waals surface area contributed by atoms with E-state index in [9.17, 15) is 4.79 Å². The van der Waals surface area contributed by atoms with Crippen LogP contribution >= 0.6 is 11.6 Å². The number of nitrogens with one attached hydrogen (secondary N) is 1. The minimum Gasteiger partial charge on any atom is -0.354 e. The van der Waals surface area contributed by atoms with Gasteiger partial charge in [0, 0.05) is 23.5 Å². The van der Waals surface area contributed by atoms with Crippen molar-refractivity contribution in [1.29, 1.82) is 5.26 Å². The van der Waals surface area contributed by atoms with Gasteiger partial charge in [-0.3, -0.25) is 9.78 Å². The molecule has 6 heteroatoms. The summed E-state index contributed by atoms with van der Waals surface area (Å²) in [6.07, 6.45) is 2.25. The minimum absolute atomic E-state index is 0.104. The Bertz CT molecular complexity index is 1110. The molecule has 3 rings (SSSR count). The molecule has 0 bridgehead atoms. The normalized spacial score (nSPS) is 10.6. The van der Waals surface area contributed by atoms with Crippen molar-refractivity contribution < 1.29 is 0 Å². The van der Waals surface area contributed by atoms with E-state index < -0.39 is 0 Å². The van der Waals surface area contributed by atoms with Crippen LogP contribution in [0, 0.1) is 18.3 Å². The van der Waals surface area contributed by atoms with Crippen LogP contribution in [0.3, 0.4) is 0 Å². The minimum atomic E-state index is -0.272. The Hall–Kier alpha value is -2.97. The van der Waals surface area contributed by atoms with Gasteiger partial charge in [-0.25, -0.2) is 4.98 Å². The van der Waals surface area contributed by atoms with Crippen LogP contribution in [0.1, 0.15) is 30.4 Å². The van der Waals surface area contributed by atoms with Crippen molar-refractivity contribution in [2.24, 2.45) is 0 Å². The lowest BCUT2D eigenvalue weighted by molar-refractivity contribution is 1.13. The second-order valence-corrected chi connectivity index (χ2v) is 6.06. The summed E-state index contributed by atoms with van der Waals surface area (Å²) >= 11 is 6.36. The molecule has 0 amide bonds. The zero-order valence-corrected chi connectivity index (χ0v) is 14.6. The SMILES string of the molecule is C=C(CC)c1nc(C)c(-c2cc(=O)c3c(C#N)nccc3[nH]2)cc1Cl. The molecule has 0 radical (unpaired) electrons. The maximum Gasteiger partial charge on any atom is 0.192 e. The summed E-state index contributed by atoms with van der Waals surface area (Å²) in [5.74, 6) is 0. The molecule has 0 fully saturated rings. The number of nitriles is 1. The number of halogens is 1. The van der Waals surface area contributed by atoms with E-state index in [0.717, 1.165) is 23.3 Å². The average Bonchev–Trinajstić information content (AvgIpc) is 2.61.